The maximum absolute atomic E-state index is 11.9. The van der Waals surface area contributed by atoms with E-state index in [1.165, 1.54) is 0 Å². The van der Waals surface area contributed by atoms with Crippen LogP contribution in [0.4, 0.5) is 0 Å². The average Bonchev–Trinajstić information content (AvgIpc) is 2.94. The van der Waals surface area contributed by atoms with Crippen LogP contribution in [0.1, 0.15) is 40.0 Å². The molecule has 1 aliphatic carbocycles. The molecule has 0 saturated carbocycles. The molecule has 2 amide bonds. The summed E-state index contributed by atoms with van der Waals surface area (Å²) in [4.78, 5) is 29.3. The zero-order chi connectivity index (χ0) is 11.8. The average molecular weight is 229 g/mol. The van der Waals surface area contributed by atoms with Gasteiger partial charge in [0.2, 0.25) is 0 Å². The zero-order valence-electron chi connectivity index (χ0n) is 9.18. The smallest absolute Gasteiger partial charge is 0.295 e. The molecule has 0 atom stereocenters. The number of rotatable bonds is 2. The maximum Gasteiger partial charge on any atom is 0.295 e. The first kappa shape index (κ1) is 10.1. The molecule has 0 spiro atoms. The van der Waals surface area contributed by atoms with Gasteiger partial charge in [-0.2, -0.15) is 0 Å². The van der Waals surface area contributed by atoms with Crippen LogP contribution in [-0.4, -0.2) is 16.9 Å². The summed E-state index contributed by atoms with van der Waals surface area (Å²) in [5.74, 6) is -0.0451. The quantitative estimate of drug-likeness (QED) is 0.731. The molecule has 2 aliphatic rings. The molecule has 0 bridgehead atoms. The van der Waals surface area contributed by atoms with Gasteiger partial charge in [-0.3, -0.25) is 9.59 Å². The van der Waals surface area contributed by atoms with E-state index in [0.29, 0.717) is 16.9 Å². The lowest BCUT2D eigenvalue weighted by molar-refractivity contribution is -0.0577. The van der Waals surface area contributed by atoms with E-state index in [9.17, 15) is 9.59 Å². The van der Waals surface area contributed by atoms with Crippen LogP contribution in [0.2, 0.25) is 0 Å². The Bertz CT molecular complexity index is 498. The molecule has 0 N–H and O–H groups in total. The van der Waals surface area contributed by atoms with E-state index >= 15 is 0 Å². The number of carbonyl (C=O) groups excluding carboxylic acids is 2. The molecule has 86 valence electrons. The van der Waals surface area contributed by atoms with E-state index in [-0.39, 0.29) is 11.8 Å². The Hall–Kier alpha value is -2.10. The van der Waals surface area contributed by atoms with Gasteiger partial charge in [-0.15, -0.1) is 0 Å². The van der Waals surface area contributed by atoms with Crippen molar-refractivity contribution >= 4 is 11.8 Å². The van der Waals surface area contributed by atoms with Crippen molar-refractivity contribution in [3.8, 4) is 0 Å². The van der Waals surface area contributed by atoms with E-state index in [2.05, 4.69) is 0 Å². The van der Waals surface area contributed by atoms with Gasteiger partial charge in [0.25, 0.3) is 11.8 Å². The number of benzene rings is 1. The van der Waals surface area contributed by atoms with Crippen LogP contribution in [0, 0.1) is 0 Å². The molecule has 0 saturated heterocycles. The van der Waals surface area contributed by atoms with Crippen LogP contribution in [0.15, 0.2) is 36.1 Å². The predicted molar refractivity (Wildman–Crippen MR) is 60.0 cm³/mol. The van der Waals surface area contributed by atoms with Gasteiger partial charge in [-0.25, -0.2) is 0 Å². The van der Waals surface area contributed by atoms with Gasteiger partial charge in [0.05, 0.1) is 11.1 Å². The first-order chi connectivity index (χ1) is 8.27. The third kappa shape index (κ3) is 1.53. The molecule has 0 unspecified atom stereocenters. The number of hydroxylamine groups is 2. The molecule has 0 aromatic heterocycles. The van der Waals surface area contributed by atoms with Gasteiger partial charge in [-0.05, 0) is 31.1 Å². The Morgan fingerprint density at radius 1 is 1.06 bits per heavy atom. The molecule has 3 rings (SSSR count). The molecule has 1 heterocycles. The number of amides is 2. The maximum atomic E-state index is 11.9. The van der Waals surface area contributed by atoms with Crippen molar-refractivity contribution in [3.63, 3.8) is 0 Å². The highest BCUT2D eigenvalue weighted by atomic mass is 16.7. The van der Waals surface area contributed by atoms with Crippen molar-refractivity contribution in [1.82, 2.24) is 5.06 Å². The van der Waals surface area contributed by atoms with Crippen LogP contribution in [0.5, 0.6) is 0 Å². The number of imide groups is 1. The Labute approximate surface area is 98.4 Å². The highest BCUT2D eigenvalue weighted by Gasteiger charge is 2.37. The molecule has 4 nitrogen and oxygen atoms in total. The monoisotopic (exact) mass is 229 g/mol. The molecular weight excluding hydrogens is 218 g/mol. The second kappa shape index (κ2) is 3.73. The summed E-state index contributed by atoms with van der Waals surface area (Å²) in [5, 5.41) is 0.863. The SMILES string of the molecule is O=C1c2ccccc2C(=O)N1OC1=CCCC1. The van der Waals surface area contributed by atoms with Crippen molar-refractivity contribution in [3.05, 3.63) is 47.2 Å². The van der Waals surface area contributed by atoms with E-state index in [1.54, 1.807) is 24.3 Å². The van der Waals surface area contributed by atoms with Crippen molar-refractivity contribution in [2.75, 3.05) is 0 Å². The molecule has 4 heteroatoms. The molecule has 0 fully saturated rings. The van der Waals surface area contributed by atoms with Crippen molar-refractivity contribution in [1.29, 1.82) is 0 Å². The summed E-state index contributed by atoms with van der Waals surface area (Å²) in [6.45, 7) is 0. The Morgan fingerprint density at radius 2 is 1.71 bits per heavy atom. The van der Waals surface area contributed by atoms with Crippen LogP contribution in [-0.2, 0) is 4.84 Å². The lowest BCUT2D eigenvalue weighted by Gasteiger charge is -2.14. The molecule has 17 heavy (non-hydrogen) atoms. The van der Waals surface area contributed by atoms with Crippen molar-refractivity contribution in [2.24, 2.45) is 0 Å². The number of hydrogen-bond donors (Lipinski definition) is 0. The summed E-state index contributed by atoms with van der Waals surface area (Å²) >= 11 is 0. The Morgan fingerprint density at radius 3 is 2.24 bits per heavy atom. The third-order valence-corrected chi connectivity index (χ3v) is 2.96. The van der Waals surface area contributed by atoms with E-state index in [1.807, 2.05) is 6.08 Å². The summed E-state index contributed by atoms with van der Waals surface area (Å²) in [6.07, 6.45) is 4.66. The van der Waals surface area contributed by atoms with Crippen LogP contribution < -0.4 is 0 Å². The van der Waals surface area contributed by atoms with Gasteiger partial charge >= 0.3 is 0 Å². The standard InChI is InChI=1S/C13H11NO3/c15-12-10-7-3-4-8-11(10)13(16)14(12)17-9-5-1-2-6-9/h3-5,7-8H,1-2,6H2. The van der Waals surface area contributed by atoms with Gasteiger partial charge in [0, 0.05) is 6.42 Å². The van der Waals surface area contributed by atoms with E-state index < -0.39 is 0 Å². The summed E-state index contributed by atoms with van der Waals surface area (Å²) in [7, 11) is 0. The lowest BCUT2D eigenvalue weighted by atomic mass is 10.1. The molecule has 0 radical (unpaired) electrons. The summed E-state index contributed by atoms with van der Waals surface area (Å²) < 4.78 is 0. The van der Waals surface area contributed by atoms with Crippen LogP contribution in [0.25, 0.3) is 0 Å². The number of fused-ring (bicyclic) bond motifs is 1. The molecule has 1 aliphatic heterocycles. The van der Waals surface area contributed by atoms with Crippen molar-refractivity contribution in [2.45, 2.75) is 19.3 Å². The summed E-state index contributed by atoms with van der Waals surface area (Å²) in [5.41, 5.74) is 0.826. The largest absolute Gasteiger partial charge is 0.373 e. The second-order valence-corrected chi connectivity index (χ2v) is 4.10. The fraction of sp³-hybridized carbons (Fsp3) is 0.231. The predicted octanol–water partition coefficient (Wildman–Crippen LogP) is 2.28. The van der Waals surface area contributed by atoms with Gasteiger partial charge < -0.3 is 4.84 Å². The zero-order valence-corrected chi connectivity index (χ0v) is 9.18. The fourth-order valence-corrected chi connectivity index (χ4v) is 2.09. The van der Waals surface area contributed by atoms with Gasteiger partial charge in [0.1, 0.15) is 5.76 Å². The molecule has 1 aromatic rings. The highest BCUT2D eigenvalue weighted by molar-refractivity contribution is 6.20. The number of nitrogens with zero attached hydrogens (tertiary/aromatic N) is 1. The van der Waals surface area contributed by atoms with Crippen molar-refractivity contribution < 1.29 is 14.4 Å². The molecule has 1 aromatic carbocycles. The van der Waals surface area contributed by atoms with Gasteiger partial charge in [0.15, 0.2) is 0 Å². The van der Waals surface area contributed by atoms with Crippen LogP contribution >= 0.6 is 0 Å². The minimum absolute atomic E-state index is 0.376. The Balaban J connectivity index is 1.90. The minimum Gasteiger partial charge on any atom is -0.373 e. The fourth-order valence-electron chi connectivity index (χ4n) is 2.09. The summed E-state index contributed by atoms with van der Waals surface area (Å²) in [6, 6.07) is 6.76. The normalized spacial score (nSPS) is 18.4. The first-order valence-electron chi connectivity index (χ1n) is 5.62. The first-order valence-corrected chi connectivity index (χ1v) is 5.62. The Kier molecular flexibility index (Phi) is 2.21. The van der Waals surface area contributed by atoms with E-state index in [0.717, 1.165) is 24.3 Å². The minimum atomic E-state index is -0.376. The number of carbonyl (C=O) groups is 2. The number of allylic oxidation sites excluding steroid dienone is 2. The van der Waals surface area contributed by atoms with Gasteiger partial charge in [-0.1, -0.05) is 17.2 Å². The molecular formula is C13H11NO3. The lowest BCUT2D eigenvalue weighted by Crippen LogP contribution is -2.29. The second-order valence-electron chi connectivity index (χ2n) is 4.10. The topological polar surface area (TPSA) is 46.6 Å². The van der Waals surface area contributed by atoms with Crippen LogP contribution in [0.3, 0.4) is 0 Å². The number of hydrogen-bond acceptors (Lipinski definition) is 3. The highest BCUT2D eigenvalue weighted by Crippen LogP contribution is 2.27. The third-order valence-electron chi connectivity index (χ3n) is 2.96. The van der Waals surface area contributed by atoms with E-state index in [4.69, 9.17) is 4.84 Å².